The Labute approximate surface area is 169 Å². The van der Waals surface area contributed by atoms with Crippen molar-refractivity contribution in [3.8, 4) is 11.5 Å². The predicted molar refractivity (Wildman–Crippen MR) is 113 cm³/mol. The molecule has 0 heterocycles. The lowest BCUT2D eigenvalue weighted by Gasteiger charge is -2.18. The molecule has 0 aromatic heterocycles. The van der Waals surface area contributed by atoms with Gasteiger partial charge in [-0.1, -0.05) is 36.4 Å². The number of unbranched alkanes of at least 4 members (excludes halogenated alkanes) is 1. The van der Waals surface area contributed by atoms with Gasteiger partial charge in [0.2, 0.25) is 0 Å². The molecule has 4 nitrogen and oxygen atoms in total. The number of ether oxygens (including phenoxy) is 2. The molecule has 1 atom stereocenters. The minimum atomic E-state index is -0.483. The minimum Gasteiger partial charge on any atom is -0.496 e. The molecule has 1 unspecified atom stereocenters. The van der Waals surface area contributed by atoms with Gasteiger partial charge in [-0.2, -0.15) is 0 Å². The average Bonchev–Trinajstić information content (AvgIpc) is 2.64. The van der Waals surface area contributed by atoms with Gasteiger partial charge in [-0.05, 0) is 63.0 Å². The van der Waals surface area contributed by atoms with Crippen LogP contribution >= 0.6 is 12.4 Å². The lowest BCUT2D eigenvalue weighted by atomic mass is 10.0. The van der Waals surface area contributed by atoms with E-state index in [9.17, 15) is 5.11 Å². The van der Waals surface area contributed by atoms with Crippen molar-refractivity contribution < 1.29 is 14.6 Å². The summed E-state index contributed by atoms with van der Waals surface area (Å²) in [7, 11) is 5.61. The molecule has 27 heavy (non-hydrogen) atoms. The zero-order valence-electron chi connectivity index (χ0n) is 16.6. The van der Waals surface area contributed by atoms with Gasteiger partial charge in [0.15, 0.2) is 0 Å². The van der Waals surface area contributed by atoms with Gasteiger partial charge in [0.05, 0.1) is 7.11 Å². The molecule has 0 amide bonds. The molecule has 2 aromatic rings. The normalized spacial score (nSPS) is 11.7. The Kier molecular flexibility index (Phi) is 10.9. The summed E-state index contributed by atoms with van der Waals surface area (Å²) in [6.07, 6.45) is 3.67. The molecule has 0 fully saturated rings. The van der Waals surface area contributed by atoms with Crippen molar-refractivity contribution in [2.45, 2.75) is 31.8 Å². The van der Waals surface area contributed by atoms with E-state index in [1.165, 1.54) is 11.1 Å². The molecule has 0 bridgehead atoms. The van der Waals surface area contributed by atoms with E-state index in [1.54, 1.807) is 7.11 Å². The summed E-state index contributed by atoms with van der Waals surface area (Å²) in [6.45, 7) is 0.914. The van der Waals surface area contributed by atoms with Crippen molar-refractivity contribution in [1.29, 1.82) is 0 Å². The number of aliphatic hydroxyl groups is 1. The zero-order valence-corrected chi connectivity index (χ0v) is 17.4. The van der Waals surface area contributed by atoms with E-state index in [-0.39, 0.29) is 12.4 Å². The monoisotopic (exact) mass is 393 g/mol. The molecule has 2 aromatic carbocycles. The van der Waals surface area contributed by atoms with Crippen molar-refractivity contribution in [2.75, 3.05) is 34.4 Å². The van der Waals surface area contributed by atoms with Crippen LogP contribution in [-0.4, -0.2) is 50.5 Å². The van der Waals surface area contributed by atoms with Crippen LogP contribution in [0.4, 0.5) is 0 Å². The number of aliphatic hydroxyl groups excluding tert-OH is 1. The SMILES string of the molecule is COc1ccccc1CCCCc1ccccc1OCC(O)CN(C)C.Cl. The lowest BCUT2D eigenvalue weighted by molar-refractivity contribution is 0.0827. The standard InChI is InChI=1S/C22H31NO3.ClH/c1-23(2)16-20(24)17-26-22-15-9-7-13-19(22)12-5-4-10-18-11-6-8-14-21(18)25-3;/h6-9,11,13-15,20,24H,4-5,10,12,16-17H2,1-3H3;1H. The van der Waals surface area contributed by atoms with Gasteiger partial charge in [0.25, 0.3) is 0 Å². The third-order valence-electron chi connectivity index (χ3n) is 4.31. The molecular weight excluding hydrogens is 362 g/mol. The fraction of sp³-hybridized carbons (Fsp3) is 0.455. The van der Waals surface area contributed by atoms with Crippen molar-refractivity contribution in [2.24, 2.45) is 0 Å². The van der Waals surface area contributed by atoms with E-state index >= 15 is 0 Å². The highest BCUT2D eigenvalue weighted by Crippen LogP contribution is 2.23. The second-order valence-corrected chi connectivity index (χ2v) is 6.85. The summed E-state index contributed by atoms with van der Waals surface area (Å²) >= 11 is 0. The molecule has 0 saturated heterocycles. The lowest BCUT2D eigenvalue weighted by Crippen LogP contribution is -2.30. The first-order chi connectivity index (χ1) is 12.6. The Bertz CT molecular complexity index is 664. The highest BCUT2D eigenvalue weighted by atomic mass is 35.5. The van der Waals surface area contributed by atoms with Crippen molar-refractivity contribution in [3.63, 3.8) is 0 Å². The molecule has 0 radical (unpaired) electrons. The number of aryl methyl sites for hydroxylation is 2. The topological polar surface area (TPSA) is 41.9 Å². The van der Waals surface area contributed by atoms with Crippen LogP contribution in [0, 0.1) is 0 Å². The van der Waals surface area contributed by atoms with Crippen LogP contribution in [0.15, 0.2) is 48.5 Å². The van der Waals surface area contributed by atoms with Gasteiger partial charge in [0.1, 0.15) is 24.2 Å². The number of halogens is 1. The summed E-state index contributed by atoms with van der Waals surface area (Å²) in [4.78, 5) is 1.96. The number of rotatable bonds is 11. The van der Waals surface area contributed by atoms with E-state index in [0.29, 0.717) is 13.2 Å². The largest absolute Gasteiger partial charge is 0.496 e. The molecule has 0 aliphatic rings. The van der Waals surface area contributed by atoms with Gasteiger partial charge in [-0.15, -0.1) is 12.4 Å². The van der Waals surface area contributed by atoms with Crippen molar-refractivity contribution in [1.82, 2.24) is 4.90 Å². The Balaban J connectivity index is 0.00000364. The number of hydrogen-bond acceptors (Lipinski definition) is 4. The molecule has 150 valence electrons. The van der Waals surface area contributed by atoms with E-state index in [2.05, 4.69) is 18.2 Å². The third kappa shape index (κ3) is 8.21. The van der Waals surface area contributed by atoms with Gasteiger partial charge in [0, 0.05) is 6.54 Å². The van der Waals surface area contributed by atoms with Gasteiger partial charge >= 0.3 is 0 Å². The second-order valence-electron chi connectivity index (χ2n) is 6.85. The number of hydrogen-bond donors (Lipinski definition) is 1. The fourth-order valence-electron chi connectivity index (χ4n) is 3.05. The van der Waals surface area contributed by atoms with Crippen LogP contribution in [0.2, 0.25) is 0 Å². The molecule has 1 N–H and O–H groups in total. The van der Waals surface area contributed by atoms with E-state index < -0.39 is 6.10 Å². The fourth-order valence-corrected chi connectivity index (χ4v) is 3.05. The maximum absolute atomic E-state index is 9.98. The smallest absolute Gasteiger partial charge is 0.122 e. The van der Waals surface area contributed by atoms with Gasteiger partial charge in [-0.3, -0.25) is 0 Å². The summed E-state index contributed by atoms with van der Waals surface area (Å²) in [5.74, 6) is 1.84. The van der Waals surface area contributed by atoms with Gasteiger partial charge < -0.3 is 19.5 Å². The van der Waals surface area contributed by atoms with Crippen LogP contribution in [0.3, 0.4) is 0 Å². The van der Waals surface area contributed by atoms with Crippen molar-refractivity contribution in [3.05, 3.63) is 59.7 Å². The summed E-state index contributed by atoms with van der Waals surface area (Å²) in [6, 6.07) is 16.3. The second kappa shape index (κ2) is 12.6. The van der Waals surface area contributed by atoms with E-state index in [1.807, 2.05) is 49.3 Å². The molecule has 0 spiro atoms. The summed E-state index contributed by atoms with van der Waals surface area (Å²) < 4.78 is 11.3. The molecule has 2 rings (SSSR count). The van der Waals surface area contributed by atoms with Gasteiger partial charge in [-0.25, -0.2) is 0 Å². The Morgan fingerprint density at radius 2 is 1.41 bits per heavy atom. The van der Waals surface area contributed by atoms with Crippen LogP contribution < -0.4 is 9.47 Å². The zero-order chi connectivity index (χ0) is 18.8. The van der Waals surface area contributed by atoms with Crippen LogP contribution in [0.1, 0.15) is 24.0 Å². The number of nitrogens with zero attached hydrogens (tertiary/aromatic N) is 1. The Hall–Kier alpha value is -1.75. The number of para-hydroxylation sites is 2. The minimum absolute atomic E-state index is 0. The number of likely N-dealkylation sites (N-methyl/N-ethyl adjacent to an activating group) is 1. The number of methoxy groups -OCH3 is 1. The van der Waals surface area contributed by atoms with E-state index in [0.717, 1.165) is 37.2 Å². The van der Waals surface area contributed by atoms with Crippen LogP contribution in [0.5, 0.6) is 11.5 Å². The average molecular weight is 394 g/mol. The maximum atomic E-state index is 9.98. The number of benzene rings is 2. The highest BCUT2D eigenvalue weighted by molar-refractivity contribution is 5.85. The molecule has 0 saturated carbocycles. The molecule has 5 heteroatoms. The first-order valence-electron chi connectivity index (χ1n) is 9.25. The quantitative estimate of drug-likeness (QED) is 0.586. The summed E-state index contributed by atoms with van der Waals surface area (Å²) in [5, 5.41) is 9.98. The Morgan fingerprint density at radius 3 is 1.96 bits per heavy atom. The van der Waals surface area contributed by atoms with Crippen LogP contribution in [0.25, 0.3) is 0 Å². The Morgan fingerprint density at radius 1 is 0.889 bits per heavy atom. The van der Waals surface area contributed by atoms with Crippen LogP contribution in [-0.2, 0) is 12.8 Å². The van der Waals surface area contributed by atoms with E-state index in [4.69, 9.17) is 9.47 Å². The predicted octanol–water partition coefficient (Wildman–Crippen LogP) is 3.98. The van der Waals surface area contributed by atoms with Crippen molar-refractivity contribution >= 4 is 12.4 Å². The highest BCUT2D eigenvalue weighted by Gasteiger charge is 2.09. The summed E-state index contributed by atoms with van der Waals surface area (Å²) in [5.41, 5.74) is 2.45. The molecule has 0 aliphatic heterocycles. The molecular formula is C22H32ClNO3. The molecule has 0 aliphatic carbocycles. The third-order valence-corrected chi connectivity index (χ3v) is 4.31. The first-order valence-corrected chi connectivity index (χ1v) is 9.25. The first kappa shape index (κ1) is 23.3. The maximum Gasteiger partial charge on any atom is 0.122 e.